The van der Waals surface area contributed by atoms with Crippen molar-refractivity contribution in [3.05, 3.63) is 46.8 Å². The molecule has 1 saturated heterocycles. The molecular weight excluding hydrogens is 282 g/mol. The monoisotopic (exact) mass is 299 g/mol. The van der Waals surface area contributed by atoms with Crippen molar-refractivity contribution in [1.82, 2.24) is 24.5 Å². The second-order valence-electron chi connectivity index (χ2n) is 5.44. The SMILES string of the molecule is c1cc2nc([C@@H]3CCCCN3Cc3cncs3)ccn2n1. The van der Waals surface area contributed by atoms with Gasteiger partial charge in [0.15, 0.2) is 5.65 Å². The van der Waals surface area contributed by atoms with E-state index < -0.39 is 0 Å². The quantitative estimate of drug-likeness (QED) is 0.746. The van der Waals surface area contributed by atoms with Gasteiger partial charge in [0.05, 0.1) is 23.4 Å². The van der Waals surface area contributed by atoms with E-state index >= 15 is 0 Å². The Morgan fingerprint density at radius 3 is 3.19 bits per heavy atom. The van der Waals surface area contributed by atoms with Crippen LogP contribution in [0.15, 0.2) is 36.2 Å². The van der Waals surface area contributed by atoms with Gasteiger partial charge in [-0.25, -0.2) is 9.50 Å². The fourth-order valence-corrected chi connectivity index (χ4v) is 3.67. The van der Waals surface area contributed by atoms with Crippen LogP contribution in [-0.2, 0) is 6.54 Å². The first-order chi connectivity index (χ1) is 10.4. The lowest BCUT2D eigenvalue weighted by molar-refractivity contribution is 0.138. The van der Waals surface area contributed by atoms with Gasteiger partial charge in [0, 0.05) is 29.9 Å². The molecule has 0 bridgehead atoms. The first-order valence-corrected chi connectivity index (χ1v) is 8.20. The van der Waals surface area contributed by atoms with Crippen molar-refractivity contribution >= 4 is 17.0 Å². The topological polar surface area (TPSA) is 46.3 Å². The Balaban J connectivity index is 1.63. The summed E-state index contributed by atoms with van der Waals surface area (Å²) < 4.78 is 1.82. The highest BCUT2D eigenvalue weighted by molar-refractivity contribution is 7.09. The van der Waals surface area contributed by atoms with Crippen LogP contribution >= 0.6 is 11.3 Å². The zero-order valence-electron chi connectivity index (χ0n) is 11.7. The summed E-state index contributed by atoms with van der Waals surface area (Å²) in [7, 11) is 0. The maximum atomic E-state index is 4.78. The predicted molar refractivity (Wildman–Crippen MR) is 82.1 cm³/mol. The van der Waals surface area contributed by atoms with Crippen molar-refractivity contribution in [3.63, 3.8) is 0 Å². The molecule has 1 fully saturated rings. The molecule has 1 atom stereocenters. The Morgan fingerprint density at radius 2 is 2.29 bits per heavy atom. The highest BCUT2D eigenvalue weighted by Gasteiger charge is 2.25. The van der Waals surface area contributed by atoms with Crippen molar-refractivity contribution in [2.75, 3.05) is 6.54 Å². The van der Waals surface area contributed by atoms with E-state index in [1.165, 1.54) is 24.1 Å². The molecule has 0 aromatic carbocycles. The molecule has 6 heteroatoms. The molecule has 0 aliphatic carbocycles. The van der Waals surface area contributed by atoms with E-state index in [1.807, 2.05) is 28.5 Å². The molecule has 0 N–H and O–H groups in total. The summed E-state index contributed by atoms with van der Waals surface area (Å²) in [6, 6.07) is 4.47. The van der Waals surface area contributed by atoms with Crippen molar-refractivity contribution in [2.45, 2.75) is 31.8 Å². The van der Waals surface area contributed by atoms with Crippen LogP contribution in [0.25, 0.3) is 5.65 Å². The Kier molecular flexibility index (Phi) is 3.40. The number of piperidine rings is 1. The standard InChI is InChI=1S/C15H17N5S/c1-2-7-19(10-12-9-16-11-21-12)14(3-1)13-5-8-20-15(18-13)4-6-17-20/h4-6,8-9,11,14H,1-3,7,10H2/t14-/m0/s1. The average Bonchev–Trinajstić information content (AvgIpc) is 3.18. The van der Waals surface area contributed by atoms with Crippen LogP contribution in [-0.4, -0.2) is 31.0 Å². The second-order valence-corrected chi connectivity index (χ2v) is 6.41. The van der Waals surface area contributed by atoms with Gasteiger partial charge in [-0.05, 0) is 25.5 Å². The molecule has 4 rings (SSSR count). The van der Waals surface area contributed by atoms with Crippen LogP contribution in [0.5, 0.6) is 0 Å². The van der Waals surface area contributed by atoms with E-state index in [1.54, 1.807) is 17.5 Å². The van der Waals surface area contributed by atoms with Crippen molar-refractivity contribution in [3.8, 4) is 0 Å². The minimum absolute atomic E-state index is 0.403. The van der Waals surface area contributed by atoms with Gasteiger partial charge in [-0.15, -0.1) is 11.3 Å². The van der Waals surface area contributed by atoms with Gasteiger partial charge < -0.3 is 0 Å². The first kappa shape index (κ1) is 12.9. The summed E-state index contributed by atoms with van der Waals surface area (Å²) in [5, 5.41) is 4.22. The summed E-state index contributed by atoms with van der Waals surface area (Å²) in [4.78, 5) is 12.8. The molecule has 0 spiro atoms. The van der Waals surface area contributed by atoms with Gasteiger partial charge in [0.1, 0.15) is 0 Å². The summed E-state index contributed by atoms with van der Waals surface area (Å²) >= 11 is 1.73. The van der Waals surface area contributed by atoms with Crippen LogP contribution < -0.4 is 0 Å². The minimum Gasteiger partial charge on any atom is -0.290 e. The maximum Gasteiger partial charge on any atom is 0.155 e. The van der Waals surface area contributed by atoms with Crippen molar-refractivity contribution in [2.24, 2.45) is 0 Å². The fraction of sp³-hybridized carbons (Fsp3) is 0.400. The van der Waals surface area contributed by atoms with Gasteiger partial charge >= 0.3 is 0 Å². The number of thiazole rings is 1. The van der Waals surface area contributed by atoms with Crippen LogP contribution in [0.2, 0.25) is 0 Å². The molecule has 5 nitrogen and oxygen atoms in total. The van der Waals surface area contributed by atoms with Gasteiger partial charge in [-0.3, -0.25) is 9.88 Å². The van der Waals surface area contributed by atoms with Crippen molar-refractivity contribution < 1.29 is 0 Å². The zero-order chi connectivity index (χ0) is 14.1. The number of hydrogen-bond donors (Lipinski definition) is 0. The van der Waals surface area contributed by atoms with Gasteiger partial charge in [-0.1, -0.05) is 6.42 Å². The van der Waals surface area contributed by atoms with Gasteiger partial charge in [0.25, 0.3) is 0 Å². The molecule has 0 saturated carbocycles. The smallest absolute Gasteiger partial charge is 0.155 e. The normalized spacial score (nSPS) is 20.1. The van der Waals surface area contributed by atoms with E-state index in [2.05, 4.69) is 21.0 Å². The zero-order valence-corrected chi connectivity index (χ0v) is 12.5. The van der Waals surface area contributed by atoms with Crippen LogP contribution in [0, 0.1) is 0 Å². The van der Waals surface area contributed by atoms with Gasteiger partial charge in [-0.2, -0.15) is 5.10 Å². The van der Waals surface area contributed by atoms with E-state index in [-0.39, 0.29) is 0 Å². The largest absolute Gasteiger partial charge is 0.290 e. The Hall–Kier alpha value is -1.79. The third kappa shape index (κ3) is 2.56. The lowest BCUT2D eigenvalue weighted by atomic mass is 9.99. The number of nitrogens with zero attached hydrogens (tertiary/aromatic N) is 5. The van der Waals surface area contributed by atoms with E-state index in [0.29, 0.717) is 6.04 Å². The summed E-state index contributed by atoms with van der Waals surface area (Å²) in [5.74, 6) is 0. The number of hydrogen-bond acceptors (Lipinski definition) is 5. The average molecular weight is 299 g/mol. The number of aromatic nitrogens is 4. The number of likely N-dealkylation sites (tertiary alicyclic amines) is 1. The highest BCUT2D eigenvalue weighted by atomic mass is 32.1. The van der Waals surface area contributed by atoms with Crippen molar-refractivity contribution in [1.29, 1.82) is 0 Å². The molecular formula is C15H17N5S. The molecule has 1 aliphatic heterocycles. The minimum atomic E-state index is 0.403. The Labute approximate surface area is 127 Å². The van der Waals surface area contributed by atoms with Gasteiger partial charge in [0.2, 0.25) is 0 Å². The molecule has 3 aromatic heterocycles. The Morgan fingerprint density at radius 1 is 1.29 bits per heavy atom. The van der Waals surface area contributed by atoms with E-state index in [0.717, 1.165) is 24.4 Å². The summed E-state index contributed by atoms with van der Waals surface area (Å²) in [6.45, 7) is 2.11. The van der Waals surface area contributed by atoms with Crippen LogP contribution in [0.3, 0.4) is 0 Å². The number of rotatable bonds is 3. The molecule has 0 amide bonds. The molecule has 0 radical (unpaired) electrons. The molecule has 4 heterocycles. The third-order valence-corrected chi connectivity index (χ3v) is 4.84. The first-order valence-electron chi connectivity index (χ1n) is 7.32. The third-order valence-electron chi connectivity index (χ3n) is 4.08. The van der Waals surface area contributed by atoms with Crippen LogP contribution in [0.1, 0.15) is 35.9 Å². The van der Waals surface area contributed by atoms with E-state index in [4.69, 9.17) is 4.98 Å². The molecule has 1 aliphatic rings. The fourth-order valence-electron chi connectivity index (χ4n) is 3.05. The van der Waals surface area contributed by atoms with E-state index in [9.17, 15) is 0 Å². The van der Waals surface area contributed by atoms with Crippen LogP contribution in [0.4, 0.5) is 0 Å². The number of fused-ring (bicyclic) bond motifs is 1. The maximum absolute atomic E-state index is 4.78. The second kappa shape index (κ2) is 5.54. The molecule has 21 heavy (non-hydrogen) atoms. The lowest BCUT2D eigenvalue weighted by Crippen LogP contribution is -2.33. The highest BCUT2D eigenvalue weighted by Crippen LogP contribution is 2.31. The molecule has 108 valence electrons. The lowest BCUT2D eigenvalue weighted by Gasteiger charge is -2.34. The molecule has 3 aromatic rings. The Bertz CT molecular complexity index is 721. The predicted octanol–water partition coefficient (Wildman–Crippen LogP) is 2.91. The molecule has 0 unspecified atom stereocenters. The summed E-state index contributed by atoms with van der Waals surface area (Å²) in [5.41, 5.74) is 3.99. The summed E-state index contributed by atoms with van der Waals surface area (Å²) in [6.07, 6.45) is 9.50.